The molecule has 0 spiro atoms. The lowest BCUT2D eigenvalue weighted by Crippen LogP contribution is -2.41. The Labute approximate surface area is 122 Å². The molecule has 0 amide bonds. The average Bonchev–Trinajstić information content (AvgIpc) is 2.68. The van der Waals surface area contributed by atoms with Gasteiger partial charge >= 0.3 is 5.97 Å². The smallest absolute Gasteiger partial charge is 0.356 e. The molecule has 0 N–H and O–H groups in total. The number of hydrogen-bond donors (Lipinski definition) is 0. The zero-order chi connectivity index (χ0) is 15.6. The van der Waals surface area contributed by atoms with E-state index >= 15 is 0 Å². The van der Waals surface area contributed by atoms with Crippen LogP contribution in [0, 0.1) is 6.92 Å². The molecule has 114 valence electrons. The maximum atomic E-state index is 11.7. The minimum Gasteiger partial charge on any atom is -0.464 e. The van der Waals surface area contributed by atoms with Crippen LogP contribution in [0.5, 0.6) is 0 Å². The third-order valence-electron chi connectivity index (χ3n) is 3.87. The molecule has 0 aliphatic carbocycles. The molecular weight excluding hydrogens is 272 g/mol. The van der Waals surface area contributed by atoms with E-state index in [0.29, 0.717) is 18.8 Å². The van der Waals surface area contributed by atoms with Crippen molar-refractivity contribution < 1.29 is 14.0 Å². The van der Waals surface area contributed by atoms with Gasteiger partial charge in [-0.15, -0.1) is 0 Å². The molecule has 20 heavy (non-hydrogen) atoms. The van der Waals surface area contributed by atoms with Gasteiger partial charge in [0.1, 0.15) is 5.69 Å². The lowest BCUT2D eigenvalue weighted by molar-refractivity contribution is 0.0585. The summed E-state index contributed by atoms with van der Waals surface area (Å²) in [4.78, 5) is 11.7. The SMILES string of the molecule is COC(=O)c1cc(C)nn1CCO[Si](C)(C)C(C)(C)C. The van der Waals surface area contributed by atoms with Gasteiger partial charge in [0, 0.05) is 0 Å². The van der Waals surface area contributed by atoms with Crippen molar-refractivity contribution in [3.05, 3.63) is 17.5 Å². The molecular formula is C14H26N2O3Si. The van der Waals surface area contributed by atoms with Crippen LogP contribution in [0.1, 0.15) is 37.0 Å². The van der Waals surface area contributed by atoms with Crippen molar-refractivity contribution in [1.82, 2.24) is 9.78 Å². The fraction of sp³-hybridized carbons (Fsp3) is 0.714. The van der Waals surface area contributed by atoms with Crippen molar-refractivity contribution in [3.63, 3.8) is 0 Å². The van der Waals surface area contributed by atoms with E-state index in [9.17, 15) is 4.79 Å². The predicted molar refractivity (Wildman–Crippen MR) is 81.5 cm³/mol. The van der Waals surface area contributed by atoms with E-state index in [1.165, 1.54) is 7.11 Å². The molecule has 1 aromatic heterocycles. The molecule has 0 fully saturated rings. The third kappa shape index (κ3) is 3.93. The van der Waals surface area contributed by atoms with E-state index < -0.39 is 8.32 Å². The molecule has 0 bridgehead atoms. The zero-order valence-electron chi connectivity index (χ0n) is 13.6. The number of carbonyl (C=O) groups excluding carboxylic acids is 1. The van der Waals surface area contributed by atoms with Gasteiger partial charge in [0.15, 0.2) is 8.32 Å². The fourth-order valence-corrected chi connectivity index (χ4v) is 2.62. The van der Waals surface area contributed by atoms with Gasteiger partial charge in [-0.05, 0) is 31.1 Å². The Bertz CT molecular complexity index is 475. The number of nitrogens with zero attached hydrogens (tertiary/aromatic N) is 2. The highest BCUT2D eigenvalue weighted by Crippen LogP contribution is 2.36. The molecule has 5 nitrogen and oxygen atoms in total. The van der Waals surface area contributed by atoms with Crippen molar-refractivity contribution in [2.75, 3.05) is 13.7 Å². The number of rotatable bonds is 5. The first-order valence-corrected chi connectivity index (χ1v) is 9.76. The largest absolute Gasteiger partial charge is 0.464 e. The minimum atomic E-state index is -1.76. The highest BCUT2D eigenvalue weighted by molar-refractivity contribution is 6.74. The van der Waals surface area contributed by atoms with Gasteiger partial charge in [-0.3, -0.25) is 4.68 Å². The van der Waals surface area contributed by atoms with Crippen LogP contribution in [0.25, 0.3) is 0 Å². The molecule has 1 rings (SSSR count). The molecule has 1 heterocycles. The van der Waals surface area contributed by atoms with Crippen LogP contribution in [0.2, 0.25) is 18.1 Å². The summed E-state index contributed by atoms with van der Waals surface area (Å²) < 4.78 is 12.5. The number of aryl methyl sites for hydroxylation is 1. The standard InChI is InChI=1S/C14H26N2O3Si/c1-11-10-12(13(17)18-5)16(15-11)8-9-19-20(6,7)14(2,3)4/h10H,8-9H2,1-7H3. The summed E-state index contributed by atoms with van der Waals surface area (Å²) in [6, 6.07) is 1.73. The van der Waals surface area contributed by atoms with Crippen LogP contribution in [0.15, 0.2) is 6.07 Å². The van der Waals surface area contributed by atoms with Crippen molar-refractivity contribution in [2.45, 2.75) is 52.4 Å². The second-order valence-electron chi connectivity index (χ2n) is 6.49. The lowest BCUT2D eigenvalue weighted by Gasteiger charge is -2.36. The van der Waals surface area contributed by atoms with Gasteiger partial charge in [-0.2, -0.15) is 5.10 Å². The summed E-state index contributed by atoms with van der Waals surface area (Å²) in [6.07, 6.45) is 0. The molecule has 0 radical (unpaired) electrons. The Morgan fingerprint density at radius 3 is 2.50 bits per heavy atom. The van der Waals surface area contributed by atoms with Crippen molar-refractivity contribution in [1.29, 1.82) is 0 Å². The summed E-state index contributed by atoms with van der Waals surface area (Å²) in [7, 11) is -0.386. The summed E-state index contributed by atoms with van der Waals surface area (Å²) >= 11 is 0. The summed E-state index contributed by atoms with van der Waals surface area (Å²) in [5, 5.41) is 4.49. The van der Waals surface area contributed by atoms with E-state index in [0.717, 1.165) is 5.69 Å². The van der Waals surface area contributed by atoms with Crippen LogP contribution in [0.3, 0.4) is 0 Å². The zero-order valence-corrected chi connectivity index (χ0v) is 14.6. The van der Waals surface area contributed by atoms with E-state index in [-0.39, 0.29) is 11.0 Å². The second kappa shape index (κ2) is 6.09. The van der Waals surface area contributed by atoms with Gasteiger partial charge < -0.3 is 9.16 Å². The van der Waals surface area contributed by atoms with E-state index in [4.69, 9.17) is 9.16 Å². The van der Waals surface area contributed by atoms with E-state index in [1.807, 2.05) is 6.92 Å². The van der Waals surface area contributed by atoms with Crippen LogP contribution >= 0.6 is 0 Å². The summed E-state index contributed by atoms with van der Waals surface area (Å²) in [6.45, 7) is 14.0. The quantitative estimate of drug-likeness (QED) is 0.619. The molecule has 0 unspecified atom stereocenters. The third-order valence-corrected chi connectivity index (χ3v) is 8.41. The first-order chi connectivity index (χ1) is 9.08. The van der Waals surface area contributed by atoms with E-state index in [2.05, 4.69) is 39.0 Å². The average molecular weight is 298 g/mol. The molecule has 0 saturated carbocycles. The normalized spacial score (nSPS) is 12.6. The predicted octanol–water partition coefficient (Wildman–Crippen LogP) is 3.00. The number of hydrogen-bond acceptors (Lipinski definition) is 4. The molecule has 6 heteroatoms. The Kier molecular flexibility index (Phi) is 5.15. The Balaban J connectivity index is 2.70. The molecule has 1 aromatic rings. The highest BCUT2D eigenvalue weighted by Gasteiger charge is 2.36. The van der Waals surface area contributed by atoms with Gasteiger partial charge in [-0.1, -0.05) is 20.8 Å². The Hall–Kier alpha value is -1.14. The van der Waals surface area contributed by atoms with Crippen molar-refractivity contribution >= 4 is 14.3 Å². The Morgan fingerprint density at radius 1 is 1.40 bits per heavy atom. The van der Waals surface area contributed by atoms with Gasteiger partial charge in [0.25, 0.3) is 0 Å². The van der Waals surface area contributed by atoms with Gasteiger partial charge in [0.05, 0.1) is 26.0 Å². The topological polar surface area (TPSA) is 53.3 Å². The minimum absolute atomic E-state index is 0.179. The summed E-state index contributed by atoms with van der Waals surface area (Å²) in [5.74, 6) is -0.363. The highest BCUT2D eigenvalue weighted by atomic mass is 28.4. The monoisotopic (exact) mass is 298 g/mol. The second-order valence-corrected chi connectivity index (χ2v) is 11.3. The lowest BCUT2D eigenvalue weighted by atomic mass is 10.2. The van der Waals surface area contributed by atoms with Crippen LogP contribution < -0.4 is 0 Å². The maximum Gasteiger partial charge on any atom is 0.356 e. The summed E-state index contributed by atoms with van der Waals surface area (Å²) in [5.41, 5.74) is 1.28. The van der Waals surface area contributed by atoms with Gasteiger partial charge in [0.2, 0.25) is 0 Å². The Morgan fingerprint density at radius 2 is 2.00 bits per heavy atom. The maximum absolute atomic E-state index is 11.7. The number of aromatic nitrogens is 2. The van der Waals surface area contributed by atoms with Crippen molar-refractivity contribution in [2.24, 2.45) is 0 Å². The van der Waals surface area contributed by atoms with Crippen LogP contribution in [-0.4, -0.2) is 37.8 Å². The van der Waals surface area contributed by atoms with Crippen molar-refractivity contribution in [3.8, 4) is 0 Å². The first kappa shape index (κ1) is 16.9. The first-order valence-electron chi connectivity index (χ1n) is 6.85. The molecule has 0 aromatic carbocycles. The molecule has 0 aliphatic rings. The van der Waals surface area contributed by atoms with E-state index in [1.54, 1.807) is 10.7 Å². The number of esters is 1. The fourth-order valence-electron chi connectivity index (χ4n) is 1.59. The van der Waals surface area contributed by atoms with Crippen LogP contribution in [-0.2, 0) is 15.7 Å². The number of carbonyl (C=O) groups is 1. The molecule has 0 aliphatic heterocycles. The molecule has 0 atom stereocenters. The number of methoxy groups -OCH3 is 1. The molecule has 0 saturated heterocycles. The number of ether oxygens (including phenoxy) is 1. The van der Waals surface area contributed by atoms with Crippen LogP contribution in [0.4, 0.5) is 0 Å². The van der Waals surface area contributed by atoms with Gasteiger partial charge in [-0.25, -0.2) is 4.79 Å².